The van der Waals surface area contributed by atoms with Crippen LogP contribution in [0, 0.1) is 5.82 Å². The van der Waals surface area contributed by atoms with Crippen LogP contribution < -0.4 is 10.1 Å². The van der Waals surface area contributed by atoms with Crippen molar-refractivity contribution in [3.8, 4) is 5.75 Å². The fourth-order valence-electron chi connectivity index (χ4n) is 3.64. The average Bonchev–Trinajstić information content (AvgIpc) is 3.06. The number of aromatic nitrogens is 3. The van der Waals surface area contributed by atoms with E-state index in [-0.39, 0.29) is 18.0 Å². The van der Waals surface area contributed by atoms with Gasteiger partial charge in [0.1, 0.15) is 29.5 Å². The summed E-state index contributed by atoms with van der Waals surface area (Å²) in [6, 6.07) is 6.44. The fourth-order valence-corrected chi connectivity index (χ4v) is 3.64. The topological polar surface area (TPSA) is 61.2 Å². The number of hydrogen-bond donors (Lipinski definition) is 1. The fraction of sp³-hybridized carbons (Fsp3) is 0.400. The van der Waals surface area contributed by atoms with Gasteiger partial charge in [-0.25, -0.2) is 14.4 Å². The second kappa shape index (κ2) is 7.52. The number of rotatable bonds is 5. The van der Waals surface area contributed by atoms with Crippen LogP contribution in [0.4, 0.5) is 15.9 Å². The predicted molar refractivity (Wildman–Crippen MR) is 102 cm³/mol. The van der Waals surface area contributed by atoms with Crippen molar-refractivity contribution >= 4 is 22.5 Å². The number of fused-ring (bicyclic) bond motifs is 1. The van der Waals surface area contributed by atoms with Gasteiger partial charge in [-0.1, -0.05) is 0 Å². The summed E-state index contributed by atoms with van der Waals surface area (Å²) in [6.45, 7) is 0. The summed E-state index contributed by atoms with van der Waals surface area (Å²) >= 11 is 0. The van der Waals surface area contributed by atoms with Crippen molar-refractivity contribution in [3.05, 3.63) is 42.6 Å². The molecule has 1 saturated carbocycles. The van der Waals surface area contributed by atoms with Gasteiger partial charge in [-0.15, -0.1) is 0 Å². The number of ether oxygens (including phenoxy) is 2. The van der Waals surface area contributed by atoms with E-state index < -0.39 is 0 Å². The van der Waals surface area contributed by atoms with Gasteiger partial charge in [0, 0.05) is 32.8 Å². The first-order chi connectivity index (χ1) is 13.1. The Balaban J connectivity index is 1.62. The highest BCUT2D eigenvalue weighted by Gasteiger charge is 2.24. The molecule has 1 fully saturated rings. The van der Waals surface area contributed by atoms with Crippen molar-refractivity contribution < 1.29 is 13.9 Å². The van der Waals surface area contributed by atoms with E-state index in [1.54, 1.807) is 13.2 Å². The van der Waals surface area contributed by atoms with Crippen LogP contribution in [0.25, 0.3) is 11.0 Å². The van der Waals surface area contributed by atoms with E-state index >= 15 is 0 Å². The summed E-state index contributed by atoms with van der Waals surface area (Å²) in [5.74, 6) is 0.807. The zero-order valence-corrected chi connectivity index (χ0v) is 15.5. The molecule has 142 valence electrons. The number of anilines is 2. The van der Waals surface area contributed by atoms with Crippen molar-refractivity contribution in [1.82, 2.24) is 14.5 Å². The summed E-state index contributed by atoms with van der Waals surface area (Å²) in [6.07, 6.45) is 7.46. The van der Waals surface area contributed by atoms with E-state index in [2.05, 4.69) is 15.3 Å². The van der Waals surface area contributed by atoms with Crippen molar-refractivity contribution in [2.75, 3.05) is 12.4 Å². The van der Waals surface area contributed by atoms with E-state index in [1.165, 1.54) is 18.5 Å². The minimum Gasteiger partial charge on any atom is -0.488 e. The van der Waals surface area contributed by atoms with Gasteiger partial charge < -0.3 is 19.4 Å². The summed E-state index contributed by atoms with van der Waals surface area (Å²) in [5, 5.41) is 3.29. The summed E-state index contributed by atoms with van der Waals surface area (Å²) in [7, 11) is 3.66. The Kier molecular flexibility index (Phi) is 4.94. The van der Waals surface area contributed by atoms with Gasteiger partial charge in [0.2, 0.25) is 0 Å². The summed E-state index contributed by atoms with van der Waals surface area (Å²) in [5.41, 5.74) is 2.40. The molecule has 0 radical (unpaired) electrons. The van der Waals surface area contributed by atoms with Crippen LogP contribution in [-0.4, -0.2) is 33.9 Å². The molecule has 27 heavy (non-hydrogen) atoms. The minimum absolute atomic E-state index is 0.00602. The molecule has 1 aliphatic carbocycles. The molecule has 2 heterocycles. The van der Waals surface area contributed by atoms with Gasteiger partial charge in [0.05, 0.1) is 17.3 Å². The molecule has 0 unspecified atom stereocenters. The summed E-state index contributed by atoms with van der Waals surface area (Å²) < 4.78 is 27.5. The van der Waals surface area contributed by atoms with Gasteiger partial charge in [-0.05, 0) is 37.5 Å². The molecule has 2 aromatic heterocycles. The lowest BCUT2D eigenvalue weighted by Gasteiger charge is -2.29. The normalized spacial score (nSPS) is 20.0. The Bertz CT molecular complexity index is 943. The van der Waals surface area contributed by atoms with Gasteiger partial charge in [-0.2, -0.15) is 0 Å². The predicted octanol–water partition coefficient (Wildman–Crippen LogP) is 4.19. The van der Waals surface area contributed by atoms with E-state index in [0.717, 1.165) is 36.7 Å². The number of halogens is 1. The maximum atomic E-state index is 13.9. The lowest BCUT2D eigenvalue weighted by molar-refractivity contribution is 0.0211. The van der Waals surface area contributed by atoms with Gasteiger partial charge in [-0.3, -0.25) is 0 Å². The van der Waals surface area contributed by atoms with Crippen LogP contribution in [-0.2, 0) is 11.8 Å². The molecule has 3 aromatic rings. The third-order valence-corrected chi connectivity index (χ3v) is 5.06. The molecule has 7 heteroatoms. The van der Waals surface area contributed by atoms with E-state index in [1.807, 2.05) is 23.9 Å². The molecule has 1 N–H and O–H groups in total. The molecular weight excluding hydrogens is 347 g/mol. The van der Waals surface area contributed by atoms with Gasteiger partial charge >= 0.3 is 0 Å². The maximum absolute atomic E-state index is 13.9. The smallest absolute Gasteiger partial charge is 0.158 e. The molecule has 0 aliphatic heterocycles. The number of methoxy groups -OCH3 is 1. The lowest BCUT2D eigenvalue weighted by Crippen LogP contribution is -2.29. The molecule has 2 atom stereocenters. The molecule has 4 rings (SSSR count). The Morgan fingerprint density at radius 1 is 1.19 bits per heavy atom. The first-order valence-corrected chi connectivity index (χ1v) is 9.16. The third kappa shape index (κ3) is 3.73. The highest BCUT2D eigenvalue weighted by molar-refractivity contribution is 5.88. The lowest BCUT2D eigenvalue weighted by atomic mass is 9.95. The Morgan fingerprint density at radius 2 is 2.04 bits per heavy atom. The van der Waals surface area contributed by atoms with Crippen molar-refractivity contribution in [2.45, 2.75) is 37.9 Å². The number of nitrogens with zero attached hydrogens (tertiary/aromatic N) is 3. The van der Waals surface area contributed by atoms with Crippen LogP contribution in [0.1, 0.15) is 25.7 Å². The molecule has 6 nitrogen and oxygen atoms in total. The highest BCUT2D eigenvalue weighted by Crippen LogP contribution is 2.33. The zero-order valence-electron chi connectivity index (χ0n) is 15.5. The third-order valence-electron chi connectivity index (χ3n) is 5.06. The van der Waals surface area contributed by atoms with E-state index in [4.69, 9.17) is 9.47 Å². The maximum Gasteiger partial charge on any atom is 0.158 e. The Labute approximate surface area is 157 Å². The molecule has 1 aromatic carbocycles. The van der Waals surface area contributed by atoms with Crippen LogP contribution in [0.5, 0.6) is 5.75 Å². The Morgan fingerprint density at radius 3 is 2.89 bits per heavy atom. The quantitative estimate of drug-likeness (QED) is 0.730. The Hall–Kier alpha value is -2.67. The molecule has 1 aliphatic rings. The average molecular weight is 370 g/mol. The number of hydrogen-bond acceptors (Lipinski definition) is 5. The molecule has 0 amide bonds. The monoisotopic (exact) mass is 370 g/mol. The van der Waals surface area contributed by atoms with Gasteiger partial charge in [0.25, 0.3) is 0 Å². The number of benzene rings is 1. The minimum atomic E-state index is -0.332. The standard InChI is InChI=1S/C20H23FN4O2/c1-25-9-8-17-19(25)20(23-12-22-17)24-16-7-6-13(21)10-18(16)27-15-5-3-4-14(11-15)26-2/h6-10,12,14-15H,3-5,11H2,1-2H3,(H,22,23,24)/t14-,15+/m1/s1. The molecular formula is C20H23FN4O2. The van der Waals surface area contributed by atoms with E-state index in [9.17, 15) is 4.39 Å². The van der Waals surface area contributed by atoms with Crippen LogP contribution in [0.3, 0.4) is 0 Å². The number of aryl methyl sites for hydroxylation is 1. The SMILES string of the molecule is CO[C@@H]1CCC[C@H](Oc2cc(F)ccc2Nc2ncnc3ccn(C)c23)C1. The molecule has 0 spiro atoms. The highest BCUT2D eigenvalue weighted by atomic mass is 19.1. The van der Waals surface area contributed by atoms with Crippen molar-refractivity contribution in [1.29, 1.82) is 0 Å². The summed E-state index contributed by atoms with van der Waals surface area (Å²) in [4.78, 5) is 8.63. The van der Waals surface area contributed by atoms with Crippen LogP contribution in [0.15, 0.2) is 36.8 Å². The van der Waals surface area contributed by atoms with E-state index in [0.29, 0.717) is 17.3 Å². The molecule has 0 bridgehead atoms. The second-order valence-corrected chi connectivity index (χ2v) is 6.91. The van der Waals surface area contributed by atoms with Gasteiger partial charge in [0.15, 0.2) is 5.82 Å². The van der Waals surface area contributed by atoms with Crippen molar-refractivity contribution in [3.63, 3.8) is 0 Å². The second-order valence-electron chi connectivity index (χ2n) is 6.91. The van der Waals surface area contributed by atoms with Crippen LogP contribution in [0.2, 0.25) is 0 Å². The first kappa shape index (κ1) is 17.7. The molecule has 0 saturated heterocycles. The number of nitrogens with one attached hydrogen (secondary N) is 1. The first-order valence-electron chi connectivity index (χ1n) is 9.16. The zero-order chi connectivity index (χ0) is 18.8. The largest absolute Gasteiger partial charge is 0.488 e. The van der Waals surface area contributed by atoms with Crippen molar-refractivity contribution in [2.24, 2.45) is 7.05 Å². The van der Waals surface area contributed by atoms with Crippen LogP contribution >= 0.6 is 0 Å².